The van der Waals surface area contributed by atoms with Gasteiger partial charge in [0.1, 0.15) is 5.75 Å². The van der Waals surface area contributed by atoms with E-state index in [1.165, 1.54) is 11.5 Å². The van der Waals surface area contributed by atoms with Crippen molar-refractivity contribution < 1.29 is 18.9 Å². The maximum atomic E-state index is 5.60. The predicted molar refractivity (Wildman–Crippen MR) is 99.2 cm³/mol. The van der Waals surface area contributed by atoms with E-state index in [-0.39, 0.29) is 0 Å². The first-order valence-corrected chi connectivity index (χ1v) is 8.45. The van der Waals surface area contributed by atoms with Gasteiger partial charge in [0.25, 0.3) is 0 Å². The summed E-state index contributed by atoms with van der Waals surface area (Å²) in [5.74, 6) is 2.58. The zero-order valence-electron chi connectivity index (χ0n) is 14.5. The van der Waals surface area contributed by atoms with Gasteiger partial charge in [-0.1, -0.05) is 12.1 Å². The second-order valence-corrected chi connectivity index (χ2v) is 5.82. The number of rotatable bonds is 6. The molecule has 0 amide bonds. The highest BCUT2D eigenvalue weighted by Gasteiger charge is 2.21. The molecule has 1 aromatic heterocycles. The van der Waals surface area contributed by atoms with Crippen molar-refractivity contribution in [2.24, 2.45) is 0 Å². The van der Waals surface area contributed by atoms with E-state index < -0.39 is 0 Å². The smallest absolute Gasteiger partial charge is 0.203 e. The van der Waals surface area contributed by atoms with Gasteiger partial charge < -0.3 is 18.9 Å². The van der Waals surface area contributed by atoms with Crippen molar-refractivity contribution in [3.05, 3.63) is 41.8 Å². The largest absolute Gasteiger partial charge is 0.497 e. The fourth-order valence-electron chi connectivity index (χ4n) is 2.69. The molecule has 0 saturated carbocycles. The molecule has 130 valence electrons. The van der Waals surface area contributed by atoms with Crippen molar-refractivity contribution in [2.75, 3.05) is 28.4 Å². The normalized spacial score (nSPS) is 10.4. The molecule has 0 unspecified atom stereocenters. The average molecular weight is 357 g/mol. The number of aromatic nitrogens is 1. The van der Waals surface area contributed by atoms with E-state index in [9.17, 15) is 0 Å². The highest BCUT2D eigenvalue weighted by molar-refractivity contribution is 7.04. The van der Waals surface area contributed by atoms with Crippen molar-refractivity contribution in [3.63, 3.8) is 0 Å². The molecule has 5 nitrogen and oxygen atoms in total. The lowest BCUT2D eigenvalue weighted by molar-refractivity contribution is 0.325. The summed E-state index contributed by atoms with van der Waals surface area (Å²) >= 11 is 1.40. The third-order valence-electron chi connectivity index (χ3n) is 3.93. The Hall–Kier alpha value is -2.73. The standard InChI is InChI=1S/C19H19NO4S/c1-21-13-7-5-12(6-8-13)15-11-25-20-17(15)14-9-10-16(22-2)19(24-4)18(14)23-3/h5-11H,1-4H3. The summed E-state index contributed by atoms with van der Waals surface area (Å²) in [6.07, 6.45) is 0. The van der Waals surface area contributed by atoms with Crippen LogP contribution >= 0.6 is 11.5 Å². The minimum Gasteiger partial charge on any atom is -0.497 e. The van der Waals surface area contributed by atoms with Crippen molar-refractivity contribution >= 4 is 11.5 Å². The minimum atomic E-state index is 0.552. The summed E-state index contributed by atoms with van der Waals surface area (Å²) in [5, 5.41) is 2.02. The van der Waals surface area contributed by atoms with Crippen molar-refractivity contribution in [1.82, 2.24) is 4.37 Å². The van der Waals surface area contributed by atoms with Crippen LogP contribution < -0.4 is 18.9 Å². The molecule has 0 aliphatic rings. The van der Waals surface area contributed by atoms with Crippen LogP contribution in [0, 0.1) is 0 Å². The van der Waals surface area contributed by atoms with Crippen LogP contribution in [0.2, 0.25) is 0 Å². The zero-order valence-corrected chi connectivity index (χ0v) is 15.3. The Balaban J connectivity index is 2.13. The topological polar surface area (TPSA) is 49.8 Å². The summed E-state index contributed by atoms with van der Waals surface area (Å²) in [7, 11) is 6.46. The van der Waals surface area contributed by atoms with E-state index in [4.69, 9.17) is 18.9 Å². The summed E-state index contributed by atoms with van der Waals surface area (Å²) < 4.78 is 26.2. The third-order valence-corrected chi connectivity index (χ3v) is 4.56. The molecule has 0 saturated heterocycles. The number of ether oxygens (including phenoxy) is 4. The lowest BCUT2D eigenvalue weighted by atomic mass is 10.0. The monoisotopic (exact) mass is 357 g/mol. The second-order valence-electron chi connectivity index (χ2n) is 5.19. The molecule has 3 rings (SSSR count). The number of nitrogens with zero attached hydrogens (tertiary/aromatic N) is 1. The van der Waals surface area contributed by atoms with Gasteiger partial charge in [-0.05, 0) is 41.4 Å². The van der Waals surface area contributed by atoms with Crippen LogP contribution in [0.3, 0.4) is 0 Å². The highest BCUT2D eigenvalue weighted by atomic mass is 32.1. The zero-order chi connectivity index (χ0) is 17.8. The number of hydrogen-bond donors (Lipinski definition) is 0. The van der Waals surface area contributed by atoms with Gasteiger partial charge in [0.2, 0.25) is 5.75 Å². The second kappa shape index (κ2) is 7.44. The number of methoxy groups -OCH3 is 4. The molecule has 3 aromatic rings. The molecule has 0 aliphatic heterocycles. The lowest BCUT2D eigenvalue weighted by Gasteiger charge is -2.15. The maximum absolute atomic E-state index is 5.60. The van der Waals surface area contributed by atoms with Crippen LogP contribution in [-0.4, -0.2) is 32.8 Å². The molecular formula is C19H19NO4S. The molecule has 6 heteroatoms. The SMILES string of the molecule is COc1ccc(-c2csnc2-c2ccc(OC)c(OC)c2OC)cc1. The maximum Gasteiger partial charge on any atom is 0.203 e. The van der Waals surface area contributed by atoms with Gasteiger partial charge in [-0.3, -0.25) is 0 Å². The van der Waals surface area contributed by atoms with E-state index in [0.717, 1.165) is 28.1 Å². The van der Waals surface area contributed by atoms with Gasteiger partial charge in [0.15, 0.2) is 11.5 Å². The van der Waals surface area contributed by atoms with Crippen molar-refractivity contribution in [1.29, 1.82) is 0 Å². The van der Waals surface area contributed by atoms with Crippen LogP contribution in [-0.2, 0) is 0 Å². The van der Waals surface area contributed by atoms with Gasteiger partial charge in [0.05, 0.1) is 34.1 Å². The first-order valence-electron chi connectivity index (χ1n) is 7.61. The Morgan fingerprint density at radius 3 is 2.04 bits per heavy atom. The van der Waals surface area contributed by atoms with Crippen molar-refractivity contribution in [2.45, 2.75) is 0 Å². The molecule has 0 aliphatic carbocycles. The number of benzene rings is 2. The van der Waals surface area contributed by atoms with Crippen LogP contribution in [0.4, 0.5) is 0 Å². The average Bonchev–Trinajstić information content (AvgIpc) is 3.16. The summed E-state index contributed by atoms with van der Waals surface area (Å²) in [4.78, 5) is 0. The van der Waals surface area contributed by atoms with Crippen molar-refractivity contribution in [3.8, 4) is 45.4 Å². The van der Waals surface area contributed by atoms with E-state index in [1.807, 2.05) is 41.8 Å². The van der Waals surface area contributed by atoms with Crippen LogP contribution in [0.5, 0.6) is 23.0 Å². The third kappa shape index (κ3) is 3.13. The molecule has 1 heterocycles. The molecule has 0 radical (unpaired) electrons. The highest BCUT2D eigenvalue weighted by Crippen LogP contribution is 2.46. The Bertz CT molecular complexity index is 858. The summed E-state index contributed by atoms with van der Waals surface area (Å²) in [6.45, 7) is 0. The van der Waals surface area contributed by atoms with E-state index in [1.54, 1.807) is 28.4 Å². The fourth-order valence-corrected chi connectivity index (χ4v) is 3.40. The molecule has 2 aromatic carbocycles. The van der Waals surface area contributed by atoms with Gasteiger partial charge in [-0.25, -0.2) is 0 Å². The summed E-state index contributed by atoms with van der Waals surface area (Å²) in [6, 6.07) is 11.7. The molecular weight excluding hydrogens is 338 g/mol. The summed E-state index contributed by atoms with van der Waals surface area (Å²) in [5.41, 5.74) is 3.78. The molecule has 25 heavy (non-hydrogen) atoms. The van der Waals surface area contributed by atoms with Gasteiger partial charge >= 0.3 is 0 Å². The van der Waals surface area contributed by atoms with Crippen LogP contribution in [0.25, 0.3) is 22.4 Å². The van der Waals surface area contributed by atoms with Gasteiger partial charge in [-0.15, -0.1) is 0 Å². The minimum absolute atomic E-state index is 0.552. The Morgan fingerprint density at radius 1 is 0.720 bits per heavy atom. The fraction of sp³-hybridized carbons (Fsp3) is 0.211. The molecule has 0 bridgehead atoms. The first-order chi connectivity index (χ1) is 12.2. The van der Waals surface area contributed by atoms with E-state index in [2.05, 4.69) is 4.37 Å². The molecule has 0 N–H and O–H groups in total. The predicted octanol–water partition coefficient (Wildman–Crippen LogP) is 4.51. The molecule has 0 atom stereocenters. The Morgan fingerprint density at radius 2 is 1.44 bits per heavy atom. The van der Waals surface area contributed by atoms with Crippen LogP contribution in [0.15, 0.2) is 41.8 Å². The molecule has 0 fully saturated rings. The Labute approximate surface area is 150 Å². The Kier molecular flexibility index (Phi) is 5.09. The quantitative estimate of drug-likeness (QED) is 0.649. The molecule has 0 spiro atoms. The first kappa shape index (κ1) is 17.1. The lowest BCUT2D eigenvalue weighted by Crippen LogP contribution is -1.97. The van der Waals surface area contributed by atoms with E-state index >= 15 is 0 Å². The van der Waals surface area contributed by atoms with Gasteiger partial charge in [-0.2, -0.15) is 4.37 Å². The van der Waals surface area contributed by atoms with Crippen LogP contribution in [0.1, 0.15) is 0 Å². The van der Waals surface area contributed by atoms with E-state index in [0.29, 0.717) is 17.2 Å². The van der Waals surface area contributed by atoms with Gasteiger partial charge in [0, 0.05) is 16.5 Å². The number of hydrogen-bond acceptors (Lipinski definition) is 6.